The molecule has 0 radical (unpaired) electrons. The standard InChI is InChI=1S/C18H27N5O2/c1-4-13(2)17-20-18(25-21-17)15-7-9-23(10-8-15)16(24)6-5-14-11-19-22(3)12-14/h11-13,15H,4-10H2,1-3H3. The van der Waals surface area contributed by atoms with E-state index >= 15 is 0 Å². The van der Waals surface area contributed by atoms with Crippen molar-refractivity contribution in [2.45, 2.75) is 57.8 Å². The monoisotopic (exact) mass is 345 g/mol. The zero-order valence-electron chi connectivity index (χ0n) is 15.3. The van der Waals surface area contributed by atoms with Gasteiger partial charge in [0.05, 0.1) is 6.20 Å². The molecule has 2 aromatic rings. The zero-order chi connectivity index (χ0) is 17.8. The van der Waals surface area contributed by atoms with Gasteiger partial charge in [-0.3, -0.25) is 9.48 Å². The second-order valence-electron chi connectivity index (χ2n) is 6.98. The average molecular weight is 345 g/mol. The summed E-state index contributed by atoms with van der Waals surface area (Å²) in [5, 5.41) is 8.25. The first kappa shape index (κ1) is 17.6. The molecule has 0 aromatic carbocycles. The van der Waals surface area contributed by atoms with Crippen molar-refractivity contribution in [2.24, 2.45) is 7.05 Å². The summed E-state index contributed by atoms with van der Waals surface area (Å²) in [6.45, 7) is 5.75. The van der Waals surface area contributed by atoms with Crippen molar-refractivity contribution in [3.8, 4) is 0 Å². The molecule has 1 atom stereocenters. The van der Waals surface area contributed by atoms with E-state index in [9.17, 15) is 4.79 Å². The molecule has 1 saturated heterocycles. The maximum atomic E-state index is 12.4. The number of nitrogens with zero attached hydrogens (tertiary/aromatic N) is 5. The third kappa shape index (κ3) is 4.27. The molecule has 7 heteroatoms. The minimum atomic E-state index is 0.216. The van der Waals surface area contributed by atoms with Gasteiger partial charge in [0.25, 0.3) is 0 Å². The molecule has 0 N–H and O–H groups in total. The Morgan fingerprint density at radius 2 is 2.16 bits per heavy atom. The van der Waals surface area contributed by atoms with E-state index in [-0.39, 0.29) is 11.8 Å². The molecule has 1 unspecified atom stereocenters. The van der Waals surface area contributed by atoms with Gasteiger partial charge >= 0.3 is 0 Å². The predicted octanol–water partition coefficient (Wildman–Crippen LogP) is 2.66. The van der Waals surface area contributed by atoms with Gasteiger partial charge in [0.1, 0.15) is 0 Å². The maximum absolute atomic E-state index is 12.4. The second-order valence-corrected chi connectivity index (χ2v) is 6.98. The van der Waals surface area contributed by atoms with Gasteiger partial charge in [-0.2, -0.15) is 10.1 Å². The smallest absolute Gasteiger partial charge is 0.229 e. The SMILES string of the molecule is CCC(C)c1noc(C2CCN(C(=O)CCc3cnn(C)c3)CC2)n1. The van der Waals surface area contributed by atoms with Crippen LogP contribution in [0.1, 0.15) is 68.6 Å². The molecule has 1 amide bonds. The lowest BCUT2D eigenvalue weighted by Gasteiger charge is -2.30. The highest BCUT2D eigenvalue weighted by molar-refractivity contribution is 5.76. The Bertz CT molecular complexity index is 700. The number of likely N-dealkylation sites (tertiary alicyclic amines) is 1. The summed E-state index contributed by atoms with van der Waals surface area (Å²) in [5.41, 5.74) is 1.11. The largest absolute Gasteiger partial charge is 0.343 e. The molecule has 1 aliphatic rings. The van der Waals surface area contributed by atoms with Crippen LogP contribution in [0.3, 0.4) is 0 Å². The lowest BCUT2D eigenvalue weighted by atomic mass is 9.96. The first-order valence-electron chi connectivity index (χ1n) is 9.15. The van der Waals surface area contributed by atoms with E-state index in [0.717, 1.165) is 56.1 Å². The minimum absolute atomic E-state index is 0.216. The fourth-order valence-corrected chi connectivity index (χ4v) is 3.18. The van der Waals surface area contributed by atoms with Gasteiger partial charge in [-0.15, -0.1) is 0 Å². The molecule has 2 aromatic heterocycles. The molecule has 136 valence electrons. The number of amides is 1. The van der Waals surface area contributed by atoms with Gasteiger partial charge in [0.2, 0.25) is 11.8 Å². The number of piperidine rings is 1. The Morgan fingerprint density at radius 1 is 1.40 bits per heavy atom. The molecular formula is C18H27N5O2. The van der Waals surface area contributed by atoms with Crippen LogP contribution in [-0.2, 0) is 18.3 Å². The predicted molar refractivity (Wildman–Crippen MR) is 93.1 cm³/mol. The van der Waals surface area contributed by atoms with Crippen molar-refractivity contribution in [3.63, 3.8) is 0 Å². The van der Waals surface area contributed by atoms with Crippen LogP contribution in [-0.4, -0.2) is 43.8 Å². The second kappa shape index (κ2) is 7.80. The Hall–Kier alpha value is -2.18. The topological polar surface area (TPSA) is 77.0 Å². The van der Waals surface area contributed by atoms with Gasteiger partial charge in [-0.05, 0) is 31.2 Å². The summed E-state index contributed by atoms with van der Waals surface area (Å²) in [6.07, 6.45) is 7.85. The van der Waals surface area contributed by atoms with Gasteiger partial charge in [0, 0.05) is 44.6 Å². The van der Waals surface area contributed by atoms with E-state index in [1.807, 2.05) is 24.3 Å². The van der Waals surface area contributed by atoms with Crippen LogP contribution in [0.25, 0.3) is 0 Å². The Labute approximate surface area is 148 Å². The Balaban J connectivity index is 1.47. The highest BCUT2D eigenvalue weighted by Gasteiger charge is 2.27. The van der Waals surface area contributed by atoms with E-state index in [4.69, 9.17) is 4.52 Å². The summed E-state index contributed by atoms with van der Waals surface area (Å²) >= 11 is 0. The van der Waals surface area contributed by atoms with Crippen LogP contribution in [0, 0.1) is 0 Å². The van der Waals surface area contributed by atoms with Crippen LogP contribution in [0.4, 0.5) is 0 Å². The lowest BCUT2D eigenvalue weighted by molar-refractivity contribution is -0.132. The third-order valence-corrected chi connectivity index (χ3v) is 5.09. The van der Waals surface area contributed by atoms with Gasteiger partial charge in [-0.25, -0.2) is 0 Å². The van der Waals surface area contributed by atoms with Crippen molar-refractivity contribution in [3.05, 3.63) is 29.7 Å². The molecule has 3 rings (SSSR count). The Morgan fingerprint density at radius 3 is 2.80 bits per heavy atom. The fraction of sp³-hybridized carbons (Fsp3) is 0.667. The molecule has 7 nitrogen and oxygen atoms in total. The highest BCUT2D eigenvalue weighted by atomic mass is 16.5. The summed E-state index contributed by atoms with van der Waals surface area (Å²) < 4.78 is 7.22. The molecule has 0 bridgehead atoms. The van der Waals surface area contributed by atoms with E-state index in [1.54, 1.807) is 4.68 Å². The summed E-state index contributed by atoms with van der Waals surface area (Å²) in [5.74, 6) is 2.35. The quantitative estimate of drug-likeness (QED) is 0.804. The number of hydrogen-bond donors (Lipinski definition) is 0. The van der Waals surface area contributed by atoms with Crippen LogP contribution >= 0.6 is 0 Å². The van der Waals surface area contributed by atoms with Crippen LogP contribution in [0.2, 0.25) is 0 Å². The molecule has 1 fully saturated rings. The van der Waals surface area contributed by atoms with Crippen LogP contribution < -0.4 is 0 Å². The molecule has 1 aliphatic heterocycles. The van der Waals surface area contributed by atoms with Gasteiger partial charge < -0.3 is 9.42 Å². The summed E-state index contributed by atoms with van der Waals surface area (Å²) in [7, 11) is 1.89. The molecular weight excluding hydrogens is 318 g/mol. The third-order valence-electron chi connectivity index (χ3n) is 5.09. The van der Waals surface area contributed by atoms with E-state index in [1.165, 1.54) is 0 Å². The number of carbonyl (C=O) groups excluding carboxylic acids is 1. The van der Waals surface area contributed by atoms with Gasteiger partial charge in [-0.1, -0.05) is 19.0 Å². The lowest BCUT2D eigenvalue weighted by Crippen LogP contribution is -2.38. The van der Waals surface area contributed by atoms with Crippen LogP contribution in [0.5, 0.6) is 0 Å². The number of rotatable bonds is 6. The molecule has 0 spiro atoms. The van der Waals surface area contributed by atoms with E-state index in [2.05, 4.69) is 29.1 Å². The minimum Gasteiger partial charge on any atom is -0.343 e. The molecule has 25 heavy (non-hydrogen) atoms. The van der Waals surface area contributed by atoms with Crippen molar-refractivity contribution in [2.75, 3.05) is 13.1 Å². The van der Waals surface area contributed by atoms with Crippen molar-refractivity contribution in [1.82, 2.24) is 24.8 Å². The van der Waals surface area contributed by atoms with Gasteiger partial charge in [0.15, 0.2) is 5.82 Å². The zero-order valence-corrected chi connectivity index (χ0v) is 15.3. The number of aromatic nitrogens is 4. The first-order chi connectivity index (χ1) is 12.1. The fourth-order valence-electron chi connectivity index (χ4n) is 3.18. The van der Waals surface area contributed by atoms with E-state index < -0.39 is 0 Å². The number of aryl methyl sites for hydroxylation is 2. The normalized spacial score (nSPS) is 17.0. The van der Waals surface area contributed by atoms with E-state index in [0.29, 0.717) is 12.3 Å². The summed E-state index contributed by atoms with van der Waals surface area (Å²) in [6, 6.07) is 0. The molecule has 3 heterocycles. The average Bonchev–Trinajstić information content (AvgIpc) is 3.28. The maximum Gasteiger partial charge on any atom is 0.229 e. The van der Waals surface area contributed by atoms with Crippen molar-refractivity contribution in [1.29, 1.82) is 0 Å². The van der Waals surface area contributed by atoms with Crippen molar-refractivity contribution >= 4 is 5.91 Å². The first-order valence-corrected chi connectivity index (χ1v) is 9.15. The van der Waals surface area contributed by atoms with Crippen molar-refractivity contribution < 1.29 is 9.32 Å². The molecule has 0 aliphatic carbocycles. The number of hydrogen-bond acceptors (Lipinski definition) is 5. The molecule has 0 saturated carbocycles. The Kier molecular flexibility index (Phi) is 5.50. The number of carbonyl (C=O) groups is 1. The highest BCUT2D eigenvalue weighted by Crippen LogP contribution is 2.28. The summed E-state index contributed by atoms with van der Waals surface area (Å²) in [4.78, 5) is 18.9. The van der Waals surface area contributed by atoms with Crippen LogP contribution in [0.15, 0.2) is 16.9 Å².